The molecule has 0 fully saturated rings. The normalized spacial score (nSPS) is 11.2. The van der Waals surface area contributed by atoms with Crippen molar-refractivity contribution in [2.45, 2.75) is 6.36 Å². The first-order chi connectivity index (χ1) is 9.39. The number of nitrogens with zero attached hydrogens (tertiary/aromatic N) is 1. The zero-order valence-electron chi connectivity index (χ0n) is 10.2. The predicted molar refractivity (Wildman–Crippen MR) is 67.9 cm³/mol. The summed E-state index contributed by atoms with van der Waals surface area (Å²) in [7, 11) is 1.48. The van der Waals surface area contributed by atoms with Crippen LogP contribution in [0.15, 0.2) is 36.5 Å². The molecular formula is C13H9ClF3NO2. The maximum Gasteiger partial charge on any atom is 0.573 e. The van der Waals surface area contributed by atoms with E-state index in [0.717, 1.165) is 0 Å². The molecule has 1 heterocycles. The van der Waals surface area contributed by atoms with Gasteiger partial charge in [0.1, 0.15) is 16.7 Å². The summed E-state index contributed by atoms with van der Waals surface area (Å²) in [6, 6.07) is 6.99. The molecule has 0 atom stereocenters. The number of ether oxygens (including phenoxy) is 2. The van der Waals surface area contributed by atoms with Crippen LogP contribution in [-0.4, -0.2) is 18.5 Å². The summed E-state index contributed by atoms with van der Waals surface area (Å²) in [6.07, 6.45) is -3.26. The number of pyridine rings is 1. The van der Waals surface area contributed by atoms with Gasteiger partial charge in [0.2, 0.25) is 0 Å². The Morgan fingerprint density at radius 3 is 2.30 bits per heavy atom. The van der Waals surface area contributed by atoms with E-state index in [9.17, 15) is 13.2 Å². The minimum atomic E-state index is -4.71. The van der Waals surface area contributed by atoms with Gasteiger partial charge in [-0.25, -0.2) is 4.98 Å². The van der Waals surface area contributed by atoms with E-state index in [1.165, 1.54) is 37.6 Å². The van der Waals surface area contributed by atoms with Crippen LogP contribution in [-0.2, 0) is 0 Å². The van der Waals surface area contributed by atoms with Gasteiger partial charge in [0.05, 0.1) is 13.3 Å². The van der Waals surface area contributed by atoms with Crippen LogP contribution in [0.4, 0.5) is 13.2 Å². The van der Waals surface area contributed by atoms with Crippen molar-refractivity contribution in [3.8, 4) is 22.6 Å². The van der Waals surface area contributed by atoms with Crippen molar-refractivity contribution in [2.24, 2.45) is 0 Å². The number of rotatable bonds is 3. The third kappa shape index (κ3) is 3.54. The minimum Gasteiger partial charge on any atom is -0.495 e. The predicted octanol–water partition coefficient (Wildman–Crippen LogP) is 4.31. The maximum absolute atomic E-state index is 12.1. The van der Waals surface area contributed by atoms with Gasteiger partial charge in [-0.1, -0.05) is 23.7 Å². The van der Waals surface area contributed by atoms with Crippen molar-refractivity contribution < 1.29 is 22.6 Å². The van der Waals surface area contributed by atoms with Gasteiger partial charge >= 0.3 is 6.36 Å². The summed E-state index contributed by atoms with van der Waals surface area (Å²) in [6.45, 7) is 0. The lowest BCUT2D eigenvalue weighted by Crippen LogP contribution is -2.16. The van der Waals surface area contributed by atoms with Gasteiger partial charge in [-0.05, 0) is 23.8 Å². The molecule has 7 heteroatoms. The molecule has 1 aromatic carbocycles. The molecule has 0 unspecified atom stereocenters. The third-order valence-corrected chi connectivity index (χ3v) is 2.75. The molecule has 2 rings (SSSR count). The summed E-state index contributed by atoms with van der Waals surface area (Å²) in [5.74, 6) is 0.202. The van der Waals surface area contributed by atoms with Crippen molar-refractivity contribution in [1.29, 1.82) is 0 Å². The molecule has 0 N–H and O–H groups in total. The Balaban J connectivity index is 2.30. The van der Waals surface area contributed by atoms with E-state index in [-0.39, 0.29) is 10.9 Å². The molecule has 0 aliphatic rings. The van der Waals surface area contributed by atoms with Crippen molar-refractivity contribution in [1.82, 2.24) is 4.98 Å². The molecule has 0 radical (unpaired) electrons. The Morgan fingerprint density at radius 1 is 1.10 bits per heavy atom. The molecule has 0 saturated carbocycles. The highest BCUT2D eigenvalue weighted by Crippen LogP contribution is 2.31. The van der Waals surface area contributed by atoms with Gasteiger partial charge in [0.25, 0.3) is 0 Å². The summed E-state index contributed by atoms with van der Waals surface area (Å²) >= 11 is 5.96. The Bertz CT molecular complexity index is 600. The number of methoxy groups -OCH3 is 1. The van der Waals surface area contributed by atoms with Gasteiger partial charge in [-0.15, -0.1) is 13.2 Å². The Labute approximate surface area is 117 Å². The molecule has 0 aliphatic carbocycles. The molecule has 106 valence electrons. The molecule has 3 nitrogen and oxygen atoms in total. The molecule has 1 aromatic heterocycles. The average molecular weight is 304 g/mol. The Kier molecular flexibility index (Phi) is 4.04. The van der Waals surface area contributed by atoms with Crippen LogP contribution in [0.2, 0.25) is 5.15 Å². The molecule has 0 bridgehead atoms. The second kappa shape index (κ2) is 5.58. The second-order valence-electron chi connectivity index (χ2n) is 3.79. The van der Waals surface area contributed by atoms with E-state index in [1.54, 1.807) is 6.07 Å². The zero-order valence-corrected chi connectivity index (χ0v) is 11.0. The quantitative estimate of drug-likeness (QED) is 0.792. The lowest BCUT2D eigenvalue weighted by Gasteiger charge is -2.10. The number of halogens is 4. The molecule has 0 saturated heterocycles. The fourth-order valence-electron chi connectivity index (χ4n) is 1.58. The monoisotopic (exact) mass is 303 g/mol. The number of alkyl halides is 3. The Morgan fingerprint density at radius 2 is 1.75 bits per heavy atom. The molecule has 0 spiro atoms. The lowest BCUT2D eigenvalue weighted by molar-refractivity contribution is -0.274. The number of aromatic nitrogens is 1. The molecule has 2 aromatic rings. The maximum atomic E-state index is 12.1. The molecule has 0 amide bonds. The van der Waals surface area contributed by atoms with E-state index in [0.29, 0.717) is 16.9 Å². The summed E-state index contributed by atoms with van der Waals surface area (Å²) < 4.78 is 45.0. The van der Waals surface area contributed by atoms with E-state index in [4.69, 9.17) is 16.3 Å². The summed E-state index contributed by atoms with van der Waals surface area (Å²) in [4.78, 5) is 3.94. The van der Waals surface area contributed by atoms with Gasteiger partial charge < -0.3 is 9.47 Å². The second-order valence-corrected chi connectivity index (χ2v) is 4.14. The smallest absolute Gasteiger partial charge is 0.495 e. The van der Waals surface area contributed by atoms with Crippen LogP contribution in [0.5, 0.6) is 11.5 Å². The largest absolute Gasteiger partial charge is 0.573 e. The van der Waals surface area contributed by atoms with Crippen LogP contribution in [0.1, 0.15) is 0 Å². The van der Waals surface area contributed by atoms with Gasteiger partial charge in [0, 0.05) is 5.56 Å². The standard InChI is InChI=1S/C13H9ClF3NO2/c1-19-10-6-11(12(14)18-7-10)8-2-4-9(5-3-8)20-13(15,16)17/h2-7H,1H3. The Hall–Kier alpha value is -1.95. The first-order valence-corrected chi connectivity index (χ1v) is 5.82. The van der Waals surface area contributed by atoms with Crippen LogP contribution in [0.25, 0.3) is 11.1 Å². The fourth-order valence-corrected chi connectivity index (χ4v) is 1.79. The van der Waals surface area contributed by atoms with E-state index in [2.05, 4.69) is 9.72 Å². The number of hydrogen-bond donors (Lipinski definition) is 0. The van der Waals surface area contributed by atoms with Crippen LogP contribution >= 0.6 is 11.6 Å². The highest BCUT2D eigenvalue weighted by molar-refractivity contribution is 6.32. The van der Waals surface area contributed by atoms with Crippen molar-refractivity contribution in [3.05, 3.63) is 41.7 Å². The molecule has 20 heavy (non-hydrogen) atoms. The topological polar surface area (TPSA) is 31.4 Å². The van der Waals surface area contributed by atoms with Crippen molar-refractivity contribution in [2.75, 3.05) is 7.11 Å². The SMILES string of the molecule is COc1cnc(Cl)c(-c2ccc(OC(F)(F)F)cc2)c1. The number of benzene rings is 1. The van der Waals surface area contributed by atoms with Crippen LogP contribution in [0, 0.1) is 0 Å². The minimum absolute atomic E-state index is 0.232. The van der Waals surface area contributed by atoms with Crippen LogP contribution in [0.3, 0.4) is 0 Å². The zero-order chi connectivity index (χ0) is 14.8. The molecular weight excluding hydrogens is 295 g/mol. The van der Waals surface area contributed by atoms with E-state index >= 15 is 0 Å². The van der Waals surface area contributed by atoms with Crippen molar-refractivity contribution in [3.63, 3.8) is 0 Å². The third-order valence-electron chi connectivity index (χ3n) is 2.45. The van der Waals surface area contributed by atoms with Crippen LogP contribution < -0.4 is 9.47 Å². The van der Waals surface area contributed by atoms with Gasteiger partial charge in [-0.3, -0.25) is 0 Å². The average Bonchev–Trinajstić information content (AvgIpc) is 2.39. The van der Waals surface area contributed by atoms with E-state index in [1.807, 2.05) is 0 Å². The van der Waals surface area contributed by atoms with Crippen molar-refractivity contribution >= 4 is 11.6 Å². The molecule has 0 aliphatic heterocycles. The van der Waals surface area contributed by atoms with E-state index < -0.39 is 6.36 Å². The highest BCUT2D eigenvalue weighted by atomic mass is 35.5. The fraction of sp³-hybridized carbons (Fsp3) is 0.154. The van der Waals surface area contributed by atoms with Gasteiger partial charge in [-0.2, -0.15) is 0 Å². The highest BCUT2D eigenvalue weighted by Gasteiger charge is 2.30. The summed E-state index contributed by atoms with van der Waals surface area (Å²) in [5.41, 5.74) is 1.17. The first kappa shape index (κ1) is 14.5. The first-order valence-electron chi connectivity index (χ1n) is 5.45. The number of hydrogen-bond acceptors (Lipinski definition) is 3. The van der Waals surface area contributed by atoms with Gasteiger partial charge in [0.15, 0.2) is 0 Å². The summed E-state index contributed by atoms with van der Waals surface area (Å²) in [5, 5.41) is 0.232. The lowest BCUT2D eigenvalue weighted by atomic mass is 10.1.